The van der Waals surface area contributed by atoms with E-state index in [1.165, 1.54) is 17.1 Å². The van der Waals surface area contributed by atoms with Crippen LogP contribution < -0.4 is 5.32 Å². The van der Waals surface area contributed by atoms with Crippen LogP contribution in [0.25, 0.3) is 0 Å². The van der Waals surface area contributed by atoms with Crippen molar-refractivity contribution in [2.45, 2.75) is 13.1 Å². The van der Waals surface area contributed by atoms with Gasteiger partial charge in [0.1, 0.15) is 12.4 Å². The molecular weight excluding hydrogens is 404 g/mol. The number of nitro groups is 1. The molecule has 1 N–H and O–H groups in total. The molecule has 0 bridgehead atoms. The van der Waals surface area contributed by atoms with Crippen LogP contribution in [-0.4, -0.2) is 36.9 Å². The third-order valence-corrected chi connectivity index (χ3v) is 4.03. The fraction of sp³-hybridized carbons (Fsp3) is 0.188. The van der Waals surface area contributed by atoms with Crippen molar-refractivity contribution in [3.63, 3.8) is 0 Å². The van der Waals surface area contributed by atoms with E-state index in [-0.39, 0.29) is 11.6 Å². The Hall–Kier alpha value is -3.01. The maximum Gasteiger partial charge on any atom is 0.307 e. The summed E-state index contributed by atoms with van der Waals surface area (Å²) in [6.07, 6.45) is 6.10. The quantitative estimate of drug-likeness (QED) is 0.467. The molecule has 2 heterocycles. The Balaban J connectivity index is 1.52. The summed E-state index contributed by atoms with van der Waals surface area (Å²) in [7, 11) is 0. The van der Waals surface area contributed by atoms with Gasteiger partial charge in [0, 0.05) is 18.3 Å². The third-order valence-electron chi connectivity index (χ3n) is 3.62. The SMILES string of the molecule is O=C(NCCn1cc(Br)cn1)c1ccc(Cn2cc([N+](=O)[O-])cn2)cc1. The molecule has 2 aromatic heterocycles. The van der Waals surface area contributed by atoms with Gasteiger partial charge in [0.05, 0.1) is 28.7 Å². The van der Waals surface area contributed by atoms with Gasteiger partial charge in [-0.1, -0.05) is 12.1 Å². The van der Waals surface area contributed by atoms with Crippen LogP contribution in [-0.2, 0) is 13.1 Å². The molecule has 3 rings (SSSR count). The molecule has 0 atom stereocenters. The van der Waals surface area contributed by atoms with Gasteiger partial charge >= 0.3 is 5.69 Å². The summed E-state index contributed by atoms with van der Waals surface area (Å²) in [6, 6.07) is 7.03. The number of nitrogens with zero attached hydrogens (tertiary/aromatic N) is 5. The molecule has 0 unspecified atom stereocenters. The van der Waals surface area contributed by atoms with Gasteiger partial charge in [-0.2, -0.15) is 10.2 Å². The molecule has 9 nitrogen and oxygen atoms in total. The van der Waals surface area contributed by atoms with Crippen molar-refractivity contribution in [3.8, 4) is 0 Å². The fourth-order valence-corrected chi connectivity index (χ4v) is 2.66. The number of aromatic nitrogens is 4. The first-order chi connectivity index (χ1) is 12.5. The molecule has 0 saturated carbocycles. The highest BCUT2D eigenvalue weighted by molar-refractivity contribution is 9.10. The Bertz CT molecular complexity index is 918. The van der Waals surface area contributed by atoms with Gasteiger partial charge in [-0.25, -0.2) is 0 Å². The van der Waals surface area contributed by atoms with Gasteiger partial charge in [0.25, 0.3) is 5.91 Å². The largest absolute Gasteiger partial charge is 0.350 e. The smallest absolute Gasteiger partial charge is 0.307 e. The van der Waals surface area contributed by atoms with E-state index in [1.54, 1.807) is 35.1 Å². The van der Waals surface area contributed by atoms with E-state index in [0.717, 1.165) is 10.0 Å². The first-order valence-electron chi connectivity index (χ1n) is 7.73. The van der Waals surface area contributed by atoms with Crippen LogP contribution in [0.5, 0.6) is 0 Å². The molecular formula is C16H15BrN6O3. The van der Waals surface area contributed by atoms with Crippen LogP contribution in [0.1, 0.15) is 15.9 Å². The lowest BCUT2D eigenvalue weighted by molar-refractivity contribution is -0.385. The summed E-state index contributed by atoms with van der Waals surface area (Å²) in [5.74, 6) is -0.169. The molecule has 0 aliphatic carbocycles. The predicted molar refractivity (Wildman–Crippen MR) is 96.7 cm³/mol. The Morgan fingerprint density at radius 2 is 1.88 bits per heavy atom. The molecule has 10 heteroatoms. The van der Waals surface area contributed by atoms with Crippen molar-refractivity contribution in [3.05, 3.63) is 74.8 Å². The van der Waals surface area contributed by atoms with Gasteiger partial charge < -0.3 is 5.32 Å². The number of carbonyl (C=O) groups is 1. The minimum Gasteiger partial charge on any atom is -0.350 e. The van der Waals surface area contributed by atoms with E-state index < -0.39 is 4.92 Å². The van der Waals surface area contributed by atoms with Crippen LogP contribution in [0.4, 0.5) is 5.69 Å². The first-order valence-corrected chi connectivity index (χ1v) is 8.52. The number of amides is 1. The van der Waals surface area contributed by atoms with Crippen LogP contribution >= 0.6 is 15.9 Å². The second-order valence-electron chi connectivity index (χ2n) is 5.53. The number of benzene rings is 1. The van der Waals surface area contributed by atoms with E-state index in [1.807, 2.05) is 6.20 Å². The minimum absolute atomic E-state index is 0.0507. The summed E-state index contributed by atoms with van der Waals surface area (Å²) in [5.41, 5.74) is 1.38. The molecule has 0 aliphatic heterocycles. The standard InChI is InChI=1S/C16H15BrN6O3/c17-14-7-19-21(10-14)6-5-18-16(24)13-3-1-12(2-4-13)9-22-11-15(8-20-22)23(25)26/h1-4,7-8,10-11H,5-6,9H2,(H,18,24). The minimum atomic E-state index is -0.487. The molecule has 0 fully saturated rings. The highest BCUT2D eigenvalue weighted by atomic mass is 79.9. The predicted octanol–water partition coefficient (Wildman–Crippen LogP) is 2.23. The molecule has 1 aromatic carbocycles. The number of halogens is 1. The number of hydrogen-bond acceptors (Lipinski definition) is 5. The lowest BCUT2D eigenvalue weighted by atomic mass is 10.1. The highest BCUT2D eigenvalue weighted by Gasteiger charge is 2.09. The summed E-state index contributed by atoms with van der Waals surface area (Å²) in [4.78, 5) is 22.3. The Kier molecular flexibility index (Phi) is 5.42. The van der Waals surface area contributed by atoms with Gasteiger partial charge in [-0.3, -0.25) is 24.3 Å². The van der Waals surface area contributed by atoms with E-state index >= 15 is 0 Å². The van der Waals surface area contributed by atoms with Gasteiger partial charge in [-0.15, -0.1) is 0 Å². The average molecular weight is 419 g/mol. The number of carbonyl (C=O) groups excluding carboxylic acids is 1. The van der Waals surface area contributed by atoms with Crippen LogP contribution in [0.2, 0.25) is 0 Å². The number of hydrogen-bond donors (Lipinski definition) is 1. The third kappa shape index (κ3) is 4.54. The first kappa shape index (κ1) is 17.8. The summed E-state index contributed by atoms with van der Waals surface area (Å²) < 4.78 is 4.11. The topological polar surface area (TPSA) is 108 Å². The van der Waals surface area contributed by atoms with Gasteiger partial charge in [0.2, 0.25) is 0 Å². The zero-order valence-corrected chi connectivity index (χ0v) is 15.2. The second kappa shape index (κ2) is 7.91. The van der Waals surface area contributed by atoms with Gasteiger partial charge in [0.15, 0.2) is 0 Å². The zero-order valence-electron chi connectivity index (χ0n) is 13.6. The molecule has 0 radical (unpaired) electrons. The number of rotatable bonds is 7. The van der Waals surface area contributed by atoms with E-state index in [4.69, 9.17) is 0 Å². The van der Waals surface area contributed by atoms with Crippen molar-refractivity contribution in [2.75, 3.05) is 6.54 Å². The second-order valence-corrected chi connectivity index (χ2v) is 6.44. The van der Waals surface area contributed by atoms with Crippen LogP contribution in [0.3, 0.4) is 0 Å². The average Bonchev–Trinajstić information content (AvgIpc) is 3.25. The molecule has 0 aliphatic rings. The van der Waals surface area contributed by atoms with E-state index in [2.05, 4.69) is 31.4 Å². The van der Waals surface area contributed by atoms with Crippen molar-refractivity contribution in [1.82, 2.24) is 24.9 Å². The van der Waals surface area contributed by atoms with Gasteiger partial charge in [-0.05, 0) is 33.6 Å². The lowest BCUT2D eigenvalue weighted by Crippen LogP contribution is -2.27. The van der Waals surface area contributed by atoms with Crippen molar-refractivity contribution < 1.29 is 9.72 Å². The van der Waals surface area contributed by atoms with E-state index in [9.17, 15) is 14.9 Å². The Labute approximate surface area is 156 Å². The Morgan fingerprint density at radius 1 is 1.15 bits per heavy atom. The molecule has 0 saturated heterocycles. The number of nitrogens with one attached hydrogen (secondary N) is 1. The fourth-order valence-electron chi connectivity index (χ4n) is 2.33. The van der Waals surface area contributed by atoms with Crippen LogP contribution in [0, 0.1) is 10.1 Å². The Morgan fingerprint density at radius 3 is 2.50 bits per heavy atom. The highest BCUT2D eigenvalue weighted by Crippen LogP contribution is 2.11. The lowest BCUT2D eigenvalue weighted by Gasteiger charge is -2.07. The summed E-state index contributed by atoms with van der Waals surface area (Å²) >= 11 is 3.32. The molecule has 3 aromatic rings. The summed E-state index contributed by atoms with van der Waals surface area (Å²) in [5, 5.41) is 21.6. The molecule has 0 spiro atoms. The maximum atomic E-state index is 12.1. The van der Waals surface area contributed by atoms with Crippen LogP contribution in [0.15, 0.2) is 53.5 Å². The maximum absolute atomic E-state index is 12.1. The van der Waals surface area contributed by atoms with Crippen molar-refractivity contribution in [1.29, 1.82) is 0 Å². The molecule has 1 amide bonds. The normalized spacial score (nSPS) is 10.7. The van der Waals surface area contributed by atoms with E-state index in [0.29, 0.717) is 25.2 Å². The molecule has 134 valence electrons. The monoisotopic (exact) mass is 418 g/mol. The zero-order chi connectivity index (χ0) is 18.5. The molecule has 26 heavy (non-hydrogen) atoms. The van der Waals surface area contributed by atoms with Crippen molar-refractivity contribution >= 4 is 27.5 Å². The summed E-state index contributed by atoms with van der Waals surface area (Å²) in [6.45, 7) is 1.43. The van der Waals surface area contributed by atoms with Crippen molar-refractivity contribution in [2.24, 2.45) is 0 Å².